The highest BCUT2D eigenvalue weighted by molar-refractivity contribution is 6.42. The normalized spacial score (nSPS) is 28.1. The Morgan fingerprint density at radius 2 is 1.86 bits per heavy atom. The molecule has 9 heteroatoms. The molecule has 0 radical (unpaired) electrons. The molecule has 3 aromatic rings. The molecule has 2 aliphatic heterocycles. The van der Waals surface area contributed by atoms with E-state index in [0.29, 0.717) is 41.5 Å². The quantitative estimate of drug-likeness (QED) is 0.334. The van der Waals surface area contributed by atoms with Gasteiger partial charge in [-0.15, -0.1) is 0 Å². The molecule has 2 unspecified atom stereocenters. The highest BCUT2D eigenvalue weighted by Crippen LogP contribution is 2.67. The molecule has 2 fully saturated rings. The van der Waals surface area contributed by atoms with Crippen molar-refractivity contribution in [1.82, 2.24) is 9.80 Å². The molecule has 7 rings (SSSR count). The summed E-state index contributed by atoms with van der Waals surface area (Å²) >= 11 is 12.3. The van der Waals surface area contributed by atoms with Gasteiger partial charge in [0.05, 0.1) is 34.0 Å². The van der Waals surface area contributed by atoms with Crippen molar-refractivity contribution < 1.29 is 24.2 Å². The van der Waals surface area contributed by atoms with Gasteiger partial charge in [0.15, 0.2) is 11.5 Å². The van der Waals surface area contributed by atoms with Gasteiger partial charge in [0.1, 0.15) is 11.7 Å². The summed E-state index contributed by atoms with van der Waals surface area (Å²) in [5.74, 6) is 0.161. The van der Waals surface area contributed by atoms with Gasteiger partial charge < -0.3 is 19.5 Å². The zero-order valence-electron chi connectivity index (χ0n) is 24.9. The maximum absolute atomic E-state index is 13.8. The standard InChI is InChI=1S/C35H36Cl2N2O5/c1-21(40)44-35-14-12-27(38(2)30(42)19-23-8-10-25(36)26(37)18-23)33-34(35)15-17-39(16-13-22-6-4-3-5-7-22)29(35)20-24-9-11-28(41)32(43-33)31(24)34/h3-11,18,27,29,33,41H,12-17,19-20H2,1-2H3/t27?,29-,33?,34+,35-/m1/s1. The van der Waals surface area contributed by atoms with Crippen molar-refractivity contribution in [3.63, 3.8) is 0 Å². The molecule has 230 valence electrons. The first-order valence-corrected chi connectivity index (χ1v) is 16.1. The van der Waals surface area contributed by atoms with E-state index in [0.717, 1.165) is 36.2 Å². The van der Waals surface area contributed by atoms with Gasteiger partial charge in [-0.05, 0) is 73.5 Å². The number of likely N-dealkylation sites (N-methyl/N-ethyl adjacent to an activating group) is 1. The lowest BCUT2D eigenvalue weighted by atomic mass is 9.48. The Kier molecular flexibility index (Phi) is 7.34. The van der Waals surface area contributed by atoms with Crippen LogP contribution in [0.4, 0.5) is 0 Å². The summed E-state index contributed by atoms with van der Waals surface area (Å²) in [6.45, 7) is 3.12. The number of hydrogen-bond acceptors (Lipinski definition) is 6. The van der Waals surface area contributed by atoms with Crippen molar-refractivity contribution in [2.45, 2.75) is 74.7 Å². The molecule has 44 heavy (non-hydrogen) atoms. The lowest BCUT2D eigenvalue weighted by molar-refractivity contribution is -0.223. The first kappa shape index (κ1) is 29.5. The van der Waals surface area contributed by atoms with Gasteiger partial charge in [0.2, 0.25) is 5.91 Å². The highest BCUT2D eigenvalue weighted by Gasteiger charge is 2.75. The van der Waals surface area contributed by atoms with Crippen LogP contribution in [0.3, 0.4) is 0 Å². The summed E-state index contributed by atoms with van der Waals surface area (Å²) in [5, 5.41) is 11.9. The molecular formula is C35H36Cl2N2O5. The minimum absolute atomic E-state index is 0.0591. The second-order valence-corrected chi connectivity index (χ2v) is 13.5. The van der Waals surface area contributed by atoms with Gasteiger partial charge in [0, 0.05) is 26.1 Å². The number of halogens is 2. The van der Waals surface area contributed by atoms with Crippen molar-refractivity contribution in [3.05, 3.63) is 93.0 Å². The molecule has 4 aliphatic rings. The fourth-order valence-corrected chi connectivity index (χ4v) is 9.08. The number of phenols is 1. The number of phenolic OH excluding ortho intramolecular Hbond substituents is 1. The Hall–Kier alpha value is -3.26. The van der Waals surface area contributed by atoms with Gasteiger partial charge in [-0.2, -0.15) is 0 Å². The van der Waals surface area contributed by atoms with E-state index in [1.165, 1.54) is 12.5 Å². The molecular weight excluding hydrogens is 599 g/mol. The van der Waals surface area contributed by atoms with Crippen LogP contribution in [-0.4, -0.2) is 70.7 Å². The second-order valence-electron chi connectivity index (χ2n) is 12.7. The van der Waals surface area contributed by atoms with E-state index in [1.807, 2.05) is 25.2 Å². The number of nitrogens with zero attached hydrogens (tertiary/aromatic N) is 2. The van der Waals surface area contributed by atoms with Crippen molar-refractivity contribution >= 4 is 35.1 Å². The maximum Gasteiger partial charge on any atom is 0.303 e. The molecule has 1 amide bonds. The maximum atomic E-state index is 13.8. The van der Waals surface area contributed by atoms with Gasteiger partial charge >= 0.3 is 5.97 Å². The van der Waals surface area contributed by atoms with Crippen molar-refractivity contribution in [3.8, 4) is 11.5 Å². The van der Waals surface area contributed by atoms with Crippen LogP contribution >= 0.6 is 23.2 Å². The van der Waals surface area contributed by atoms with E-state index in [9.17, 15) is 14.7 Å². The van der Waals surface area contributed by atoms with Gasteiger partial charge in [-0.25, -0.2) is 0 Å². The van der Waals surface area contributed by atoms with Crippen LogP contribution in [0.15, 0.2) is 60.7 Å². The monoisotopic (exact) mass is 634 g/mol. The Labute approximate surface area is 267 Å². The second kappa shape index (κ2) is 11.0. The molecule has 2 aliphatic carbocycles. The third-order valence-corrected chi connectivity index (χ3v) is 11.3. The Morgan fingerprint density at radius 1 is 1.07 bits per heavy atom. The van der Waals surface area contributed by atoms with Crippen molar-refractivity contribution in [2.75, 3.05) is 20.1 Å². The molecule has 0 aromatic heterocycles. The molecule has 7 nitrogen and oxygen atoms in total. The fourth-order valence-electron chi connectivity index (χ4n) is 8.75. The zero-order chi connectivity index (χ0) is 30.8. The molecule has 1 saturated carbocycles. The number of aromatic hydroxyl groups is 1. The zero-order valence-corrected chi connectivity index (χ0v) is 26.4. The predicted molar refractivity (Wildman–Crippen MR) is 168 cm³/mol. The number of benzene rings is 3. The predicted octanol–water partition coefficient (Wildman–Crippen LogP) is 5.74. The van der Waals surface area contributed by atoms with Gasteiger partial charge in [-0.1, -0.05) is 65.7 Å². The number of likely N-dealkylation sites (tertiary alicyclic amines) is 1. The molecule has 2 bridgehead atoms. The van der Waals surface area contributed by atoms with Crippen LogP contribution in [0.5, 0.6) is 11.5 Å². The number of hydrogen-bond donors (Lipinski definition) is 1. The van der Waals surface area contributed by atoms with E-state index < -0.39 is 17.1 Å². The minimum atomic E-state index is -0.853. The van der Waals surface area contributed by atoms with Crippen LogP contribution in [0, 0.1) is 0 Å². The average molecular weight is 636 g/mol. The van der Waals surface area contributed by atoms with Crippen molar-refractivity contribution in [1.29, 1.82) is 0 Å². The molecule has 1 N–H and O–H groups in total. The lowest BCUT2D eigenvalue weighted by Gasteiger charge is -2.65. The van der Waals surface area contributed by atoms with E-state index in [1.54, 1.807) is 23.1 Å². The van der Waals surface area contributed by atoms with E-state index in [2.05, 4.69) is 29.2 Å². The van der Waals surface area contributed by atoms with Crippen LogP contribution in [0.1, 0.15) is 48.4 Å². The summed E-state index contributed by atoms with van der Waals surface area (Å²) in [6, 6.07) is 19.0. The minimum Gasteiger partial charge on any atom is -0.504 e. The highest BCUT2D eigenvalue weighted by atomic mass is 35.5. The number of amides is 1. The molecule has 2 heterocycles. The van der Waals surface area contributed by atoms with E-state index in [-0.39, 0.29) is 36.1 Å². The third-order valence-electron chi connectivity index (χ3n) is 10.6. The number of esters is 1. The first-order valence-electron chi connectivity index (χ1n) is 15.3. The van der Waals surface area contributed by atoms with Crippen LogP contribution in [0.25, 0.3) is 0 Å². The average Bonchev–Trinajstić information content (AvgIpc) is 3.35. The molecule has 1 spiro atoms. The van der Waals surface area contributed by atoms with Crippen LogP contribution in [-0.2, 0) is 39.0 Å². The fraction of sp³-hybridized carbons (Fsp3) is 0.429. The summed E-state index contributed by atoms with van der Waals surface area (Å²) in [7, 11) is 1.82. The Balaban J connectivity index is 1.27. The summed E-state index contributed by atoms with van der Waals surface area (Å²) in [5.41, 5.74) is 2.56. The smallest absolute Gasteiger partial charge is 0.303 e. The SMILES string of the molecule is CC(=O)O[C@@]12CCC(N(C)C(=O)Cc3ccc(Cl)c(Cl)c3)C3Oc4c(O)ccc5c4[C@@]31CCN(CCc1ccccc1)[C@@H]2C5. The van der Waals surface area contributed by atoms with Crippen LogP contribution < -0.4 is 4.74 Å². The Morgan fingerprint density at radius 3 is 2.61 bits per heavy atom. The van der Waals surface area contributed by atoms with E-state index in [4.69, 9.17) is 32.7 Å². The molecule has 3 aromatic carbocycles. The topological polar surface area (TPSA) is 79.3 Å². The third kappa shape index (κ3) is 4.42. The summed E-state index contributed by atoms with van der Waals surface area (Å²) < 4.78 is 13.3. The number of ether oxygens (including phenoxy) is 2. The summed E-state index contributed by atoms with van der Waals surface area (Å²) in [4.78, 5) is 31.0. The Bertz CT molecular complexity index is 1630. The number of rotatable bonds is 7. The lowest BCUT2D eigenvalue weighted by Crippen LogP contribution is -2.79. The number of carbonyl (C=O) groups is 2. The van der Waals surface area contributed by atoms with E-state index >= 15 is 0 Å². The summed E-state index contributed by atoms with van der Waals surface area (Å²) in [6.07, 6.45) is 3.13. The molecule has 5 atom stereocenters. The van der Waals surface area contributed by atoms with Crippen LogP contribution in [0.2, 0.25) is 10.0 Å². The van der Waals surface area contributed by atoms with Gasteiger partial charge in [0.25, 0.3) is 0 Å². The molecule has 1 saturated heterocycles. The number of piperidine rings is 1. The first-order chi connectivity index (χ1) is 21.1. The number of carbonyl (C=O) groups excluding carboxylic acids is 2. The largest absolute Gasteiger partial charge is 0.504 e. The van der Waals surface area contributed by atoms with Crippen molar-refractivity contribution in [2.24, 2.45) is 0 Å². The van der Waals surface area contributed by atoms with Gasteiger partial charge in [-0.3, -0.25) is 14.5 Å².